The summed E-state index contributed by atoms with van der Waals surface area (Å²) in [6, 6.07) is 17.0. The van der Waals surface area contributed by atoms with Crippen molar-refractivity contribution in [3.63, 3.8) is 0 Å². The lowest BCUT2D eigenvalue weighted by atomic mass is 9.92. The fourth-order valence-electron chi connectivity index (χ4n) is 8.60. The number of piperidine rings is 3. The zero-order chi connectivity index (χ0) is 35.4. The van der Waals surface area contributed by atoms with Crippen LogP contribution in [0.5, 0.6) is 0 Å². The number of H-pyrrole nitrogens is 1. The van der Waals surface area contributed by atoms with Crippen LogP contribution in [0.4, 0.5) is 11.6 Å². The number of carbonyl (C=O) groups excluding carboxylic acids is 2. The summed E-state index contributed by atoms with van der Waals surface area (Å²) in [5.74, 6) is 1.78. The minimum Gasteiger partial charge on any atom is -0.372 e. The van der Waals surface area contributed by atoms with E-state index in [1.165, 1.54) is 57.5 Å². The quantitative estimate of drug-likeness (QED) is 0.153. The third-order valence-corrected chi connectivity index (χ3v) is 11.9. The van der Waals surface area contributed by atoms with Crippen molar-refractivity contribution in [3.8, 4) is 11.3 Å². The smallest absolute Gasteiger partial charge is 0.243 e. The van der Waals surface area contributed by atoms with Gasteiger partial charge in [0.15, 0.2) is 0 Å². The molecule has 4 N–H and O–H groups in total. The summed E-state index contributed by atoms with van der Waals surface area (Å²) < 4.78 is 0. The second-order valence-electron chi connectivity index (χ2n) is 15.3. The molecule has 8 rings (SSSR count). The first kappa shape index (κ1) is 35.0. The van der Waals surface area contributed by atoms with Gasteiger partial charge in [-0.15, -0.1) is 0 Å². The number of para-hydroxylation sites is 1. The van der Waals surface area contributed by atoms with Gasteiger partial charge in [0.25, 0.3) is 0 Å². The molecule has 6 heterocycles. The number of benzene rings is 2. The molecular weight excluding hydrogens is 674 g/mol. The van der Waals surface area contributed by atoms with E-state index in [9.17, 15) is 9.59 Å². The highest BCUT2D eigenvalue weighted by atomic mass is 35.5. The monoisotopic (exact) mass is 723 g/mol. The van der Waals surface area contributed by atoms with Crippen molar-refractivity contribution in [1.29, 1.82) is 0 Å². The van der Waals surface area contributed by atoms with E-state index in [0.29, 0.717) is 36.4 Å². The molecule has 4 aliphatic heterocycles. The van der Waals surface area contributed by atoms with Gasteiger partial charge in [0.1, 0.15) is 0 Å². The molecule has 0 bridgehead atoms. The van der Waals surface area contributed by atoms with Gasteiger partial charge in [0, 0.05) is 86.6 Å². The van der Waals surface area contributed by atoms with E-state index in [0.717, 1.165) is 72.2 Å². The third-order valence-electron chi connectivity index (χ3n) is 11.6. The molecule has 4 saturated heterocycles. The number of aromatic nitrogens is 3. The number of nitrogens with one attached hydrogen (secondary N) is 4. The predicted octanol–water partition coefficient (Wildman–Crippen LogP) is 5.29. The predicted molar refractivity (Wildman–Crippen MR) is 206 cm³/mol. The van der Waals surface area contributed by atoms with Gasteiger partial charge >= 0.3 is 0 Å². The molecule has 2 aromatic carbocycles. The second kappa shape index (κ2) is 15.9. The molecule has 4 aliphatic rings. The number of aromatic amines is 1. The Labute approximate surface area is 310 Å². The number of hydrogen-bond acceptors (Lipinski definition) is 9. The average Bonchev–Trinajstić information content (AvgIpc) is 3.80. The maximum atomic E-state index is 12.0. The van der Waals surface area contributed by atoms with E-state index in [4.69, 9.17) is 16.6 Å². The summed E-state index contributed by atoms with van der Waals surface area (Å²) >= 11 is 6.57. The van der Waals surface area contributed by atoms with E-state index in [1.807, 2.05) is 18.3 Å². The first-order chi connectivity index (χ1) is 25.4. The van der Waals surface area contributed by atoms with Crippen molar-refractivity contribution < 1.29 is 9.59 Å². The number of halogens is 1. The lowest BCUT2D eigenvalue weighted by Gasteiger charge is -2.39. The minimum absolute atomic E-state index is 0.179. The van der Waals surface area contributed by atoms with Crippen molar-refractivity contribution in [2.45, 2.75) is 63.6 Å². The number of imide groups is 1. The fourth-order valence-corrected chi connectivity index (χ4v) is 8.79. The maximum absolute atomic E-state index is 12.0. The van der Waals surface area contributed by atoms with Gasteiger partial charge in [-0.1, -0.05) is 41.9 Å². The molecule has 1 unspecified atom stereocenters. The number of hydrogen-bond donors (Lipinski definition) is 4. The van der Waals surface area contributed by atoms with Gasteiger partial charge in [-0.25, -0.2) is 9.97 Å². The Morgan fingerprint density at radius 1 is 0.846 bits per heavy atom. The molecule has 4 fully saturated rings. The normalized spacial score (nSPS) is 22.7. The molecule has 2 atom stereocenters. The summed E-state index contributed by atoms with van der Waals surface area (Å²) in [6.07, 6.45) is 10.8. The van der Waals surface area contributed by atoms with E-state index >= 15 is 0 Å². The van der Waals surface area contributed by atoms with E-state index in [1.54, 1.807) is 6.20 Å². The molecule has 274 valence electrons. The molecule has 11 nitrogen and oxygen atoms in total. The lowest BCUT2D eigenvalue weighted by Crippen LogP contribution is -2.50. The van der Waals surface area contributed by atoms with E-state index in [-0.39, 0.29) is 17.9 Å². The Morgan fingerprint density at radius 3 is 2.37 bits per heavy atom. The largest absolute Gasteiger partial charge is 0.372 e. The van der Waals surface area contributed by atoms with Gasteiger partial charge in [0.05, 0.1) is 23.0 Å². The fraction of sp³-hybridized carbons (Fsp3) is 0.500. The molecular formula is C40H50ClN9O2. The summed E-state index contributed by atoms with van der Waals surface area (Å²) in [6.45, 7) is 9.79. The maximum Gasteiger partial charge on any atom is 0.243 e. The highest BCUT2D eigenvalue weighted by Crippen LogP contribution is 2.33. The van der Waals surface area contributed by atoms with Gasteiger partial charge < -0.3 is 30.3 Å². The lowest BCUT2D eigenvalue weighted by molar-refractivity contribution is -0.134. The number of anilines is 2. The van der Waals surface area contributed by atoms with Crippen LogP contribution in [0.2, 0.25) is 5.02 Å². The van der Waals surface area contributed by atoms with Crippen LogP contribution in [0.3, 0.4) is 0 Å². The van der Waals surface area contributed by atoms with Crippen LogP contribution < -0.4 is 20.9 Å². The van der Waals surface area contributed by atoms with E-state index < -0.39 is 0 Å². The molecule has 2 aromatic heterocycles. The molecule has 0 aliphatic carbocycles. The minimum atomic E-state index is -0.299. The molecule has 0 saturated carbocycles. The van der Waals surface area contributed by atoms with Crippen LogP contribution in [0.1, 0.15) is 50.5 Å². The zero-order valence-corrected chi connectivity index (χ0v) is 30.6. The van der Waals surface area contributed by atoms with Crippen LogP contribution in [0.25, 0.3) is 22.2 Å². The second-order valence-corrected chi connectivity index (χ2v) is 15.7. The SMILES string of the molecule is O=C1CCC(NCc2ccc(N3CCC(CN4CCC(CN5CC[C@@H](Nc6ncc(Cl)c(-c7c[nH]c8ccccc78)n6)C5)CC4)CC3)cc2)C(=O)N1. The molecule has 12 heteroatoms. The van der Waals surface area contributed by atoms with Crippen LogP contribution in [-0.4, -0.2) is 101 Å². The number of nitrogens with zero attached hydrogens (tertiary/aromatic N) is 5. The summed E-state index contributed by atoms with van der Waals surface area (Å²) in [5.41, 5.74) is 5.25. The molecule has 0 radical (unpaired) electrons. The molecule has 0 spiro atoms. The van der Waals surface area contributed by atoms with Crippen molar-refractivity contribution in [1.82, 2.24) is 35.4 Å². The molecule has 52 heavy (non-hydrogen) atoms. The standard InChI is InChI=1S/C40H50ClN9O2/c41-34-23-44-40(47-38(34)33-22-43-35-4-2-1-3-32(33)35)45-30-15-18-49(26-30)25-28-11-16-48(17-12-28)24-29-13-19-50(20-14-29)31-7-5-27(6-8-31)21-42-36-9-10-37(51)46-39(36)52/h1-8,22-23,28-30,36,42-43H,9-21,24-26H2,(H,44,45,47)(H,46,51,52)/t30-,36?/m1/s1. The van der Waals surface area contributed by atoms with Crippen LogP contribution in [-0.2, 0) is 16.1 Å². The Balaban J connectivity index is 0.734. The highest BCUT2D eigenvalue weighted by Gasteiger charge is 2.30. The first-order valence-corrected chi connectivity index (χ1v) is 19.5. The van der Waals surface area contributed by atoms with Gasteiger partial charge in [0.2, 0.25) is 17.8 Å². The van der Waals surface area contributed by atoms with Crippen LogP contribution in [0.15, 0.2) is 60.9 Å². The number of rotatable bonds is 11. The zero-order valence-electron chi connectivity index (χ0n) is 29.8. The number of carbonyl (C=O) groups is 2. The Bertz CT molecular complexity index is 1850. The highest BCUT2D eigenvalue weighted by molar-refractivity contribution is 6.33. The van der Waals surface area contributed by atoms with Gasteiger partial charge in [-0.3, -0.25) is 14.9 Å². The van der Waals surface area contributed by atoms with Crippen LogP contribution >= 0.6 is 11.6 Å². The Kier molecular flexibility index (Phi) is 10.7. The molecule has 2 amide bonds. The van der Waals surface area contributed by atoms with Crippen molar-refractivity contribution in [2.75, 3.05) is 62.6 Å². The van der Waals surface area contributed by atoms with Crippen molar-refractivity contribution >= 4 is 46.0 Å². The summed E-state index contributed by atoms with van der Waals surface area (Å²) in [7, 11) is 0. The topological polar surface area (TPSA) is 122 Å². The summed E-state index contributed by atoms with van der Waals surface area (Å²) in [4.78, 5) is 44.0. The van der Waals surface area contributed by atoms with Gasteiger partial charge in [-0.05, 0) is 87.2 Å². The first-order valence-electron chi connectivity index (χ1n) is 19.1. The van der Waals surface area contributed by atoms with Crippen LogP contribution in [0, 0.1) is 11.8 Å². The third kappa shape index (κ3) is 8.28. The Hall–Kier alpha value is -4.03. The number of amides is 2. The number of fused-ring (bicyclic) bond motifs is 1. The molecule has 4 aromatic rings. The Morgan fingerprint density at radius 2 is 1.58 bits per heavy atom. The van der Waals surface area contributed by atoms with E-state index in [2.05, 4.69) is 77.0 Å². The van der Waals surface area contributed by atoms with Crippen molar-refractivity contribution in [3.05, 3.63) is 71.5 Å². The van der Waals surface area contributed by atoms with Crippen molar-refractivity contribution in [2.24, 2.45) is 11.8 Å². The van der Waals surface area contributed by atoms with Gasteiger partial charge in [-0.2, -0.15) is 0 Å². The summed E-state index contributed by atoms with van der Waals surface area (Å²) in [5, 5.41) is 11.0. The number of likely N-dealkylation sites (tertiary alicyclic amines) is 2. The average molecular weight is 724 g/mol.